The van der Waals surface area contributed by atoms with Crippen LogP contribution in [0.1, 0.15) is 23.6 Å². The summed E-state index contributed by atoms with van der Waals surface area (Å²) in [5, 5.41) is 0. The molecule has 0 aliphatic rings. The molecule has 0 atom stereocenters. The molecule has 0 bridgehead atoms. The average molecular weight is 180 g/mol. The predicted molar refractivity (Wildman–Crippen MR) is 50.3 cm³/mol. The first kappa shape index (κ1) is 9.90. The molecule has 0 heterocycles. The van der Waals surface area contributed by atoms with Gasteiger partial charge in [0.2, 0.25) is 0 Å². The number of halogens is 1. The number of hydrogen-bond acceptors (Lipinski definition) is 1. The summed E-state index contributed by atoms with van der Waals surface area (Å²) >= 11 is 0. The van der Waals surface area contributed by atoms with Crippen molar-refractivity contribution >= 4 is 5.78 Å². The molecule has 1 rings (SSSR count). The summed E-state index contributed by atoms with van der Waals surface area (Å²) < 4.78 is 13.2. The second kappa shape index (κ2) is 3.69. The van der Waals surface area contributed by atoms with Crippen LogP contribution in [0.3, 0.4) is 0 Å². The average Bonchev–Trinajstić information content (AvgIpc) is 1.98. The van der Waals surface area contributed by atoms with Crippen LogP contribution < -0.4 is 0 Å². The monoisotopic (exact) mass is 180 g/mol. The predicted octanol–water partition coefficient (Wildman–Crippen LogP) is 2.57. The van der Waals surface area contributed by atoms with Gasteiger partial charge in [-0.2, -0.15) is 0 Å². The van der Waals surface area contributed by atoms with Crippen LogP contribution in [0.25, 0.3) is 0 Å². The summed E-state index contributed by atoms with van der Waals surface area (Å²) in [7, 11) is 0. The Bertz CT molecular complexity index is 319. The maximum atomic E-state index is 13.2. The number of benzene rings is 1. The van der Waals surface area contributed by atoms with Gasteiger partial charge in [-0.05, 0) is 43.5 Å². The highest BCUT2D eigenvalue weighted by atomic mass is 19.1. The zero-order chi connectivity index (χ0) is 10.0. The fraction of sp³-hybridized carbons (Fsp3) is 0.364. The van der Waals surface area contributed by atoms with Gasteiger partial charge in [0.25, 0.3) is 0 Å². The Labute approximate surface area is 77.6 Å². The van der Waals surface area contributed by atoms with Crippen LogP contribution in [-0.4, -0.2) is 5.78 Å². The van der Waals surface area contributed by atoms with Gasteiger partial charge in [0.05, 0.1) is 0 Å². The van der Waals surface area contributed by atoms with E-state index >= 15 is 0 Å². The van der Waals surface area contributed by atoms with Crippen molar-refractivity contribution in [2.45, 2.75) is 27.2 Å². The first-order chi connectivity index (χ1) is 6.00. The van der Waals surface area contributed by atoms with Crippen molar-refractivity contribution < 1.29 is 9.18 Å². The standard InChI is InChI=1S/C11H13FO/c1-7-4-10(5-8(2)13)6-11(12)9(7)3/h4,6H,5H2,1-3H3. The molecule has 1 nitrogen and oxygen atoms in total. The SMILES string of the molecule is CC(=O)Cc1cc(C)c(C)c(F)c1. The quantitative estimate of drug-likeness (QED) is 0.683. The highest BCUT2D eigenvalue weighted by Gasteiger charge is 2.05. The number of carbonyl (C=O) groups is 1. The molecule has 0 saturated carbocycles. The second-order valence-corrected chi connectivity index (χ2v) is 3.40. The van der Waals surface area contributed by atoms with Crippen LogP contribution in [0.5, 0.6) is 0 Å². The van der Waals surface area contributed by atoms with Gasteiger partial charge in [-0.3, -0.25) is 4.79 Å². The van der Waals surface area contributed by atoms with Gasteiger partial charge in [0.15, 0.2) is 0 Å². The molecule has 1 aromatic carbocycles. The third-order valence-electron chi connectivity index (χ3n) is 2.12. The van der Waals surface area contributed by atoms with Crippen LogP contribution >= 0.6 is 0 Å². The molecule has 0 unspecified atom stereocenters. The number of aryl methyl sites for hydroxylation is 1. The third-order valence-corrected chi connectivity index (χ3v) is 2.12. The normalized spacial score (nSPS) is 10.2. The lowest BCUT2D eigenvalue weighted by Crippen LogP contribution is -1.99. The van der Waals surface area contributed by atoms with Crippen LogP contribution in [0.2, 0.25) is 0 Å². The molecule has 0 aromatic heterocycles. The summed E-state index contributed by atoms with van der Waals surface area (Å²) in [4.78, 5) is 10.8. The molecule has 13 heavy (non-hydrogen) atoms. The molecular weight excluding hydrogens is 167 g/mol. The topological polar surface area (TPSA) is 17.1 Å². The van der Waals surface area contributed by atoms with Crippen LogP contribution in [0, 0.1) is 19.7 Å². The van der Waals surface area contributed by atoms with Gasteiger partial charge in [0.1, 0.15) is 11.6 Å². The maximum absolute atomic E-state index is 13.2. The van der Waals surface area contributed by atoms with E-state index in [2.05, 4.69) is 0 Å². The minimum atomic E-state index is -0.226. The Morgan fingerprint density at radius 1 is 1.38 bits per heavy atom. The van der Waals surface area contributed by atoms with Crippen molar-refractivity contribution in [2.75, 3.05) is 0 Å². The summed E-state index contributed by atoms with van der Waals surface area (Å²) in [5.74, 6) is -0.168. The molecule has 0 saturated heterocycles. The van der Waals surface area contributed by atoms with Crippen LogP contribution in [0.15, 0.2) is 12.1 Å². The first-order valence-electron chi connectivity index (χ1n) is 4.25. The van der Waals surface area contributed by atoms with Gasteiger partial charge in [0, 0.05) is 6.42 Å². The zero-order valence-electron chi connectivity index (χ0n) is 8.15. The van der Waals surface area contributed by atoms with Gasteiger partial charge in [-0.1, -0.05) is 6.07 Å². The van der Waals surface area contributed by atoms with Gasteiger partial charge in [-0.15, -0.1) is 0 Å². The second-order valence-electron chi connectivity index (χ2n) is 3.40. The Hall–Kier alpha value is -1.18. The Morgan fingerprint density at radius 3 is 2.46 bits per heavy atom. The van der Waals surface area contributed by atoms with Gasteiger partial charge >= 0.3 is 0 Å². The molecule has 0 fully saturated rings. The van der Waals surface area contributed by atoms with E-state index in [1.807, 2.05) is 13.0 Å². The summed E-state index contributed by atoms with van der Waals surface area (Å²) in [5.41, 5.74) is 2.32. The van der Waals surface area contributed by atoms with E-state index in [1.165, 1.54) is 13.0 Å². The number of hydrogen-bond donors (Lipinski definition) is 0. The van der Waals surface area contributed by atoms with Crippen molar-refractivity contribution in [3.63, 3.8) is 0 Å². The van der Waals surface area contributed by atoms with E-state index in [9.17, 15) is 9.18 Å². The molecule has 1 aromatic rings. The Balaban J connectivity index is 3.06. The third kappa shape index (κ3) is 2.38. The highest BCUT2D eigenvalue weighted by Crippen LogP contribution is 2.15. The van der Waals surface area contributed by atoms with Crippen molar-refractivity contribution in [1.29, 1.82) is 0 Å². The van der Waals surface area contributed by atoms with Crippen molar-refractivity contribution in [2.24, 2.45) is 0 Å². The van der Waals surface area contributed by atoms with E-state index in [-0.39, 0.29) is 11.6 Å². The van der Waals surface area contributed by atoms with Gasteiger partial charge < -0.3 is 0 Å². The van der Waals surface area contributed by atoms with Crippen LogP contribution in [-0.2, 0) is 11.2 Å². The zero-order valence-corrected chi connectivity index (χ0v) is 8.15. The molecule has 0 aliphatic carbocycles. The summed E-state index contributed by atoms with van der Waals surface area (Å²) in [6, 6.07) is 3.30. The summed E-state index contributed by atoms with van der Waals surface area (Å²) in [6.07, 6.45) is 0.318. The molecular formula is C11H13FO. The lowest BCUT2D eigenvalue weighted by atomic mass is 10.0. The van der Waals surface area contributed by atoms with Crippen molar-refractivity contribution in [3.05, 3.63) is 34.6 Å². The largest absolute Gasteiger partial charge is 0.300 e. The molecule has 70 valence electrons. The first-order valence-corrected chi connectivity index (χ1v) is 4.25. The Morgan fingerprint density at radius 2 is 2.00 bits per heavy atom. The number of ketones is 1. The minimum absolute atomic E-state index is 0.0580. The summed E-state index contributed by atoms with van der Waals surface area (Å²) in [6.45, 7) is 5.09. The fourth-order valence-corrected chi connectivity index (χ4v) is 1.28. The maximum Gasteiger partial charge on any atom is 0.134 e. The minimum Gasteiger partial charge on any atom is -0.300 e. The van der Waals surface area contributed by atoms with E-state index in [1.54, 1.807) is 6.92 Å². The van der Waals surface area contributed by atoms with Crippen molar-refractivity contribution in [3.8, 4) is 0 Å². The Kier molecular flexibility index (Phi) is 2.81. The lowest BCUT2D eigenvalue weighted by Gasteiger charge is -2.04. The van der Waals surface area contributed by atoms with Gasteiger partial charge in [-0.25, -0.2) is 4.39 Å². The number of rotatable bonds is 2. The fourth-order valence-electron chi connectivity index (χ4n) is 1.28. The number of carbonyl (C=O) groups excluding carboxylic acids is 1. The van der Waals surface area contributed by atoms with E-state index in [0.717, 1.165) is 11.1 Å². The van der Waals surface area contributed by atoms with E-state index in [4.69, 9.17) is 0 Å². The highest BCUT2D eigenvalue weighted by molar-refractivity contribution is 5.78. The van der Waals surface area contributed by atoms with Crippen LogP contribution in [0.4, 0.5) is 4.39 Å². The molecule has 0 aliphatic heterocycles. The molecule has 0 N–H and O–H groups in total. The molecule has 0 spiro atoms. The smallest absolute Gasteiger partial charge is 0.134 e. The molecule has 0 radical (unpaired) electrons. The molecule has 2 heteroatoms. The number of Topliss-reactive ketones (excluding diaryl/α,β-unsaturated/α-hetero) is 1. The lowest BCUT2D eigenvalue weighted by molar-refractivity contribution is -0.116. The van der Waals surface area contributed by atoms with E-state index in [0.29, 0.717) is 12.0 Å². The molecule has 0 amide bonds. The van der Waals surface area contributed by atoms with Crippen molar-refractivity contribution in [1.82, 2.24) is 0 Å². The van der Waals surface area contributed by atoms with E-state index < -0.39 is 0 Å².